The molecule has 0 atom stereocenters. The molecule has 0 amide bonds. The monoisotopic (exact) mass is 315 g/mol. The number of sulfonamides is 1. The molecule has 20 heavy (non-hydrogen) atoms. The molecule has 6 nitrogen and oxygen atoms in total. The van der Waals surface area contributed by atoms with E-state index in [9.17, 15) is 8.42 Å². The van der Waals surface area contributed by atoms with Crippen LogP contribution in [0.15, 0.2) is 33.9 Å². The van der Waals surface area contributed by atoms with Crippen LogP contribution in [0, 0.1) is 0 Å². The molecule has 1 N–H and O–H groups in total. The number of nitrogens with one attached hydrogen (secondary N) is 1. The lowest BCUT2D eigenvalue weighted by Gasteiger charge is -2.12. The second kappa shape index (κ2) is 5.06. The van der Waals surface area contributed by atoms with Crippen LogP contribution in [0.2, 0.25) is 5.02 Å². The molecular formula is C12H14ClN3O3S. The lowest BCUT2D eigenvalue weighted by molar-refractivity contribution is 0.405. The Labute approximate surface area is 122 Å². The fourth-order valence-corrected chi connectivity index (χ4v) is 2.83. The Morgan fingerprint density at radius 1 is 1.35 bits per heavy atom. The minimum Gasteiger partial charge on any atom is -0.338 e. The van der Waals surface area contributed by atoms with Crippen molar-refractivity contribution in [3.8, 4) is 0 Å². The normalized spacial score (nSPS) is 12.4. The van der Waals surface area contributed by atoms with Gasteiger partial charge >= 0.3 is 0 Å². The van der Waals surface area contributed by atoms with Crippen molar-refractivity contribution in [1.29, 1.82) is 0 Å². The number of aromatic nitrogens is 2. The SMILES string of the molecule is CC(C)(C)c1cc(NS(=O)(=O)c2cnccc2Cl)on1. The molecule has 0 unspecified atom stereocenters. The lowest BCUT2D eigenvalue weighted by atomic mass is 9.92. The van der Waals surface area contributed by atoms with E-state index in [0.717, 1.165) is 0 Å². The highest BCUT2D eigenvalue weighted by Gasteiger charge is 2.23. The van der Waals surface area contributed by atoms with Gasteiger partial charge in [0.2, 0.25) is 5.88 Å². The number of anilines is 1. The molecule has 0 spiro atoms. The van der Waals surface area contributed by atoms with E-state index in [1.54, 1.807) is 6.07 Å². The third kappa shape index (κ3) is 3.10. The van der Waals surface area contributed by atoms with Crippen LogP contribution in [0.4, 0.5) is 5.88 Å². The van der Waals surface area contributed by atoms with Crippen LogP contribution in [0.3, 0.4) is 0 Å². The van der Waals surface area contributed by atoms with Crippen molar-refractivity contribution in [3.05, 3.63) is 35.2 Å². The van der Waals surface area contributed by atoms with Crippen LogP contribution in [-0.4, -0.2) is 18.6 Å². The first-order chi connectivity index (χ1) is 9.20. The highest BCUT2D eigenvalue weighted by atomic mass is 35.5. The summed E-state index contributed by atoms with van der Waals surface area (Å²) in [5.74, 6) is 0.0369. The molecule has 0 aromatic carbocycles. The maximum Gasteiger partial charge on any atom is 0.267 e. The van der Waals surface area contributed by atoms with Gasteiger partial charge < -0.3 is 4.52 Å². The molecule has 0 aliphatic heterocycles. The molecule has 0 fully saturated rings. The van der Waals surface area contributed by atoms with Gasteiger partial charge in [0, 0.05) is 23.9 Å². The highest BCUT2D eigenvalue weighted by Crippen LogP contribution is 2.26. The molecule has 8 heteroatoms. The molecule has 0 aliphatic carbocycles. The zero-order valence-corrected chi connectivity index (χ0v) is 12.8. The van der Waals surface area contributed by atoms with Gasteiger partial charge in [-0.3, -0.25) is 4.98 Å². The fraction of sp³-hybridized carbons (Fsp3) is 0.333. The van der Waals surface area contributed by atoms with Crippen molar-refractivity contribution < 1.29 is 12.9 Å². The molecule has 2 aromatic rings. The predicted molar refractivity (Wildman–Crippen MR) is 75.3 cm³/mol. The first-order valence-electron chi connectivity index (χ1n) is 5.80. The zero-order valence-electron chi connectivity index (χ0n) is 11.2. The number of rotatable bonds is 3. The molecule has 2 rings (SSSR count). The van der Waals surface area contributed by atoms with Gasteiger partial charge in [0.25, 0.3) is 10.0 Å². The average molecular weight is 316 g/mol. The summed E-state index contributed by atoms with van der Waals surface area (Å²) in [5, 5.41) is 3.92. The van der Waals surface area contributed by atoms with Crippen molar-refractivity contribution in [1.82, 2.24) is 10.1 Å². The molecule has 0 bridgehead atoms. The summed E-state index contributed by atoms with van der Waals surface area (Å²) in [6.07, 6.45) is 2.58. The van der Waals surface area contributed by atoms with Crippen LogP contribution >= 0.6 is 11.6 Å². The van der Waals surface area contributed by atoms with Gasteiger partial charge in [0.1, 0.15) is 4.90 Å². The minimum absolute atomic E-state index is 0.0369. The number of hydrogen-bond acceptors (Lipinski definition) is 5. The van der Waals surface area contributed by atoms with E-state index in [1.807, 2.05) is 20.8 Å². The zero-order chi connectivity index (χ0) is 15.0. The first-order valence-corrected chi connectivity index (χ1v) is 7.66. The van der Waals surface area contributed by atoms with Gasteiger partial charge in [0.15, 0.2) is 0 Å². The summed E-state index contributed by atoms with van der Waals surface area (Å²) in [6, 6.07) is 2.94. The molecule has 0 aliphatic rings. The fourth-order valence-electron chi connectivity index (χ4n) is 1.42. The minimum atomic E-state index is -3.85. The Bertz CT molecular complexity index is 720. The Morgan fingerprint density at radius 2 is 2.05 bits per heavy atom. The van der Waals surface area contributed by atoms with E-state index in [1.165, 1.54) is 18.5 Å². The van der Waals surface area contributed by atoms with Crippen LogP contribution in [0.25, 0.3) is 0 Å². The molecule has 0 saturated heterocycles. The van der Waals surface area contributed by atoms with Crippen LogP contribution in [0.5, 0.6) is 0 Å². The summed E-state index contributed by atoms with van der Waals surface area (Å²) in [5.41, 5.74) is 0.409. The van der Waals surface area contributed by atoms with Gasteiger partial charge in [-0.1, -0.05) is 37.5 Å². The Hall–Kier alpha value is -1.60. The summed E-state index contributed by atoms with van der Waals surface area (Å²) in [4.78, 5) is 3.63. The molecule has 0 radical (unpaired) electrons. The quantitative estimate of drug-likeness (QED) is 0.941. The van der Waals surface area contributed by atoms with Crippen molar-refractivity contribution in [2.75, 3.05) is 4.72 Å². The topological polar surface area (TPSA) is 85.1 Å². The van der Waals surface area contributed by atoms with Gasteiger partial charge in [0.05, 0.1) is 10.7 Å². The van der Waals surface area contributed by atoms with Crippen molar-refractivity contribution in [2.24, 2.45) is 0 Å². The van der Waals surface area contributed by atoms with Crippen molar-refractivity contribution >= 4 is 27.5 Å². The van der Waals surface area contributed by atoms with Crippen LogP contribution in [-0.2, 0) is 15.4 Å². The summed E-state index contributed by atoms with van der Waals surface area (Å²) >= 11 is 5.85. The molecule has 108 valence electrons. The third-order valence-corrected chi connectivity index (χ3v) is 4.35. The standard InChI is InChI=1S/C12H14ClN3O3S/c1-12(2,3)10-6-11(19-15-10)16-20(17,18)9-7-14-5-4-8(9)13/h4-7,16H,1-3H3. The van der Waals surface area contributed by atoms with E-state index < -0.39 is 10.0 Å². The number of nitrogens with zero attached hydrogens (tertiary/aromatic N) is 2. The van der Waals surface area contributed by atoms with Gasteiger partial charge in [-0.2, -0.15) is 0 Å². The number of halogens is 1. The molecule has 0 saturated carbocycles. The lowest BCUT2D eigenvalue weighted by Crippen LogP contribution is -2.13. The van der Waals surface area contributed by atoms with E-state index in [2.05, 4.69) is 14.9 Å². The number of hydrogen-bond donors (Lipinski definition) is 1. The number of pyridine rings is 1. The predicted octanol–water partition coefficient (Wildman–Crippen LogP) is 2.82. The maximum absolute atomic E-state index is 12.2. The highest BCUT2D eigenvalue weighted by molar-refractivity contribution is 7.92. The van der Waals surface area contributed by atoms with Gasteiger partial charge in [-0.15, -0.1) is 0 Å². The summed E-state index contributed by atoms with van der Waals surface area (Å²) in [7, 11) is -3.85. The van der Waals surface area contributed by atoms with Gasteiger partial charge in [-0.05, 0) is 6.07 Å². The smallest absolute Gasteiger partial charge is 0.267 e. The maximum atomic E-state index is 12.2. The second-order valence-corrected chi connectivity index (χ2v) is 7.30. The third-order valence-electron chi connectivity index (χ3n) is 2.54. The average Bonchev–Trinajstić information content (AvgIpc) is 2.76. The molecular weight excluding hydrogens is 302 g/mol. The van der Waals surface area contributed by atoms with Gasteiger partial charge in [-0.25, -0.2) is 13.1 Å². The van der Waals surface area contributed by atoms with E-state index >= 15 is 0 Å². The Morgan fingerprint density at radius 3 is 2.60 bits per heavy atom. The van der Waals surface area contributed by atoms with Crippen LogP contribution < -0.4 is 4.72 Å². The molecule has 2 aromatic heterocycles. The van der Waals surface area contributed by atoms with E-state index in [0.29, 0.717) is 5.69 Å². The van der Waals surface area contributed by atoms with Crippen molar-refractivity contribution in [2.45, 2.75) is 31.1 Å². The Balaban J connectivity index is 2.30. The van der Waals surface area contributed by atoms with E-state index in [-0.39, 0.29) is 21.2 Å². The van der Waals surface area contributed by atoms with E-state index in [4.69, 9.17) is 16.1 Å². The van der Waals surface area contributed by atoms with Crippen molar-refractivity contribution in [3.63, 3.8) is 0 Å². The summed E-state index contributed by atoms with van der Waals surface area (Å²) in [6.45, 7) is 5.84. The molecule has 2 heterocycles. The largest absolute Gasteiger partial charge is 0.338 e. The van der Waals surface area contributed by atoms with Crippen LogP contribution in [0.1, 0.15) is 26.5 Å². The summed E-state index contributed by atoms with van der Waals surface area (Å²) < 4.78 is 31.6. The Kier molecular flexibility index (Phi) is 3.75. The first kappa shape index (κ1) is 14.8. The second-order valence-electron chi connectivity index (χ2n) is 5.24.